The molecule has 0 saturated heterocycles. The minimum Gasteiger partial charge on any atom is -0.454 e. The Morgan fingerprint density at radius 3 is 3.04 bits per heavy atom. The first-order valence-electron chi connectivity index (χ1n) is 6.77. The number of nitro groups is 1. The van der Waals surface area contributed by atoms with E-state index >= 15 is 0 Å². The Bertz CT molecular complexity index is 817. The number of hydrazone groups is 1. The van der Waals surface area contributed by atoms with Crippen LogP contribution in [0.25, 0.3) is 0 Å². The lowest BCUT2D eigenvalue weighted by Gasteiger charge is -2.09. The van der Waals surface area contributed by atoms with Crippen LogP contribution < -0.4 is 9.47 Å². The number of carbonyl (C=O) groups excluding carboxylic acids is 1. The summed E-state index contributed by atoms with van der Waals surface area (Å²) in [6.07, 6.45) is 2.61. The van der Waals surface area contributed by atoms with E-state index in [0.29, 0.717) is 11.5 Å². The van der Waals surface area contributed by atoms with Gasteiger partial charge in [-0.2, -0.15) is 9.78 Å². The van der Waals surface area contributed by atoms with Crippen molar-refractivity contribution in [2.24, 2.45) is 5.10 Å². The fraction of sp³-hybridized carbons (Fsp3) is 0.231. The van der Waals surface area contributed by atoms with E-state index < -0.39 is 16.8 Å². The molecule has 1 aliphatic rings. The van der Waals surface area contributed by atoms with Crippen LogP contribution in [0.5, 0.6) is 11.5 Å². The van der Waals surface area contributed by atoms with E-state index in [1.54, 1.807) is 18.2 Å². The first-order valence-corrected chi connectivity index (χ1v) is 6.77. The number of likely N-dealkylation sites (N-methyl/N-ethyl adjacent to an activating group) is 1. The van der Waals surface area contributed by atoms with Crippen LogP contribution in [-0.2, 0) is 11.3 Å². The smallest absolute Gasteiger partial charge is 0.454 e. The number of hydrogen-bond donors (Lipinski definition) is 0. The highest BCUT2D eigenvalue weighted by atomic mass is 16.7. The zero-order valence-electron chi connectivity index (χ0n) is 12.5. The molecule has 1 aromatic carbocycles. The number of carbonyl (C=O) groups is 1. The molecule has 24 heavy (non-hydrogen) atoms. The molecule has 124 valence electrons. The minimum atomic E-state index is -0.734. The summed E-state index contributed by atoms with van der Waals surface area (Å²) in [4.78, 5) is 25.3. The number of benzene rings is 1. The molecule has 0 saturated carbocycles. The number of fused-ring (bicyclic) bond motifs is 1. The van der Waals surface area contributed by atoms with E-state index in [0.717, 1.165) is 21.6 Å². The van der Waals surface area contributed by atoms with Gasteiger partial charge in [-0.15, -0.1) is 0 Å². The van der Waals surface area contributed by atoms with Crippen molar-refractivity contribution in [2.75, 3.05) is 13.8 Å². The first kappa shape index (κ1) is 15.4. The minimum absolute atomic E-state index is 0.179. The summed E-state index contributed by atoms with van der Waals surface area (Å²) in [6, 6.07) is 5.26. The van der Waals surface area contributed by atoms with Crippen molar-refractivity contribution >= 4 is 18.1 Å². The van der Waals surface area contributed by atoms with Crippen molar-refractivity contribution in [3.05, 3.63) is 40.2 Å². The second-order valence-corrected chi connectivity index (χ2v) is 4.77. The van der Waals surface area contributed by atoms with Gasteiger partial charge in [0.25, 0.3) is 5.91 Å². The summed E-state index contributed by atoms with van der Waals surface area (Å²) in [6.45, 7) is -0.0336. The normalized spacial score (nSPS) is 12.5. The van der Waals surface area contributed by atoms with E-state index in [1.807, 2.05) is 0 Å². The predicted octanol–water partition coefficient (Wildman–Crippen LogP) is 0.407. The zero-order chi connectivity index (χ0) is 17.1. The molecular weight excluding hydrogens is 320 g/mol. The van der Waals surface area contributed by atoms with Crippen molar-refractivity contribution in [3.63, 3.8) is 0 Å². The van der Waals surface area contributed by atoms with Crippen LogP contribution in [0.2, 0.25) is 0 Å². The van der Waals surface area contributed by atoms with Gasteiger partial charge in [0.2, 0.25) is 13.1 Å². The molecule has 2 aromatic rings. The standard InChI is InChI=1S/C13H12N6O5/c1-17(12(20)6-18-7-14-13(16-18)19(21)22)15-5-9-2-3-10-11(4-9)24-8-23-10/h2-5,7H,6,8H2,1H3. The van der Waals surface area contributed by atoms with Crippen molar-refractivity contribution < 1.29 is 19.2 Å². The van der Waals surface area contributed by atoms with E-state index in [2.05, 4.69) is 15.2 Å². The van der Waals surface area contributed by atoms with Crippen molar-refractivity contribution in [3.8, 4) is 11.5 Å². The van der Waals surface area contributed by atoms with Crippen LogP contribution in [-0.4, -0.2) is 50.7 Å². The molecule has 3 rings (SSSR count). The Kier molecular flexibility index (Phi) is 4.05. The highest BCUT2D eigenvalue weighted by Gasteiger charge is 2.17. The number of rotatable bonds is 5. The third kappa shape index (κ3) is 3.29. The van der Waals surface area contributed by atoms with Gasteiger partial charge in [-0.1, -0.05) is 4.98 Å². The summed E-state index contributed by atoms with van der Waals surface area (Å²) in [7, 11) is 1.47. The quantitative estimate of drug-likeness (QED) is 0.441. The number of ether oxygens (including phenoxy) is 2. The predicted molar refractivity (Wildman–Crippen MR) is 79.6 cm³/mol. The molecule has 0 bridgehead atoms. The van der Waals surface area contributed by atoms with Crippen LogP contribution in [0, 0.1) is 10.1 Å². The maximum absolute atomic E-state index is 12.0. The first-order chi connectivity index (χ1) is 11.5. The number of nitrogens with zero attached hydrogens (tertiary/aromatic N) is 6. The van der Waals surface area contributed by atoms with Crippen molar-refractivity contribution in [1.82, 2.24) is 19.8 Å². The summed E-state index contributed by atoms with van der Waals surface area (Å²) < 4.78 is 11.5. The topological polar surface area (TPSA) is 125 Å². The third-order valence-electron chi connectivity index (χ3n) is 3.12. The molecule has 0 aliphatic carbocycles. The molecule has 11 heteroatoms. The summed E-state index contributed by atoms with van der Waals surface area (Å²) in [5.74, 6) is 0.299. The van der Waals surface area contributed by atoms with Crippen molar-refractivity contribution in [2.45, 2.75) is 6.54 Å². The van der Waals surface area contributed by atoms with Gasteiger partial charge in [0, 0.05) is 12.1 Å². The second-order valence-electron chi connectivity index (χ2n) is 4.77. The largest absolute Gasteiger partial charge is 0.490 e. The highest BCUT2D eigenvalue weighted by Crippen LogP contribution is 2.31. The molecule has 1 aromatic heterocycles. The molecule has 0 fully saturated rings. The molecule has 11 nitrogen and oxygen atoms in total. The zero-order valence-corrected chi connectivity index (χ0v) is 12.5. The van der Waals surface area contributed by atoms with Crippen LogP contribution in [0.15, 0.2) is 29.6 Å². The fourth-order valence-electron chi connectivity index (χ4n) is 1.90. The van der Waals surface area contributed by atoms with E-state index in [-0.39, 0.29) is 13.3 Å². The molecule has 0 atom stereocenters. The summed E-state index contributed by atoms with van der Waals surface area (Å²) >= 11 is 0. The molecule has 0 unspecified atom stereocenters. The maximum atomic E-state index is 12.0. The fourth-order valence-corrected chi connectivity index (χ4v) is 1.90. The van der Waals surface area contributed by atoms with Gasteiger partial charge in [0.1, 0.15) is 6.54 Å². The van der Waals surface area contributed by atoms with Gasteiger partial charge in [-0.25, -0.2) is 5.01 Å². The second kappa shape index (κ2) is 6.32. The third-order valence-corrected chi connectivity index (χ3v) is 3.12. The molecule has 1 amide bonds. The van der Waals surface area contributed by atoms with Crippen LogP contribution in [0.1, 0.15) is 5.56 Å². The lowest BCUT2D eigenvalue weighted by Crippen LogP contribution is -2.26. The lowest BCUT2D eigenvalue weighted by molar-refractivity contribution is -0.394. The average Bonchev–Trinajstić information content (AvgIpc) is 3.20. The number of hydrogen-bond acceptors (Lipinski definition) is 8. The van der Waals surface area contributed by atoms with Gasteiger partial charge >= 0.3 is 5.95 Å². The Morgan fingerprint density at radius 1 is 1.50 bits per heavy atom. The Labute approximate surface area is 135 Å². The summed E-state index contributed by atoms with van der Waals surface area (Å²) in [5, 5.41) is 19.2. The Morgan fingerprint density at radius 2 is 2.29 bits per heavy atom. The summed E-state index contributed by atoms with van der Waals surface area (Å²) in [5.41, 5.74) is 0.732. The SMILES string of the molecule is CN(N=Cc1ccc2c(c1)OCO2)C(=O)Cn1cnc([N+](=O)[O-])n1. The Balaban J connectivity index is 1.62. The van der Waals surface area contributed by atoms with E-state index in [1.165, 1.54) is 13.3 Å². The van der Waals surface area contributed by atoms with Gasteiger partial charge in [0.15, 0.2) is 11.5 Å². The molecule has 0 N–H and O–H groups in total. The van der Waals surface area contributed by atoms with Gasteiger partial charge in [0.05, 0.1) is 6.21 Å². The van der Waals surface area contributed by atoms with Crippen LogP contribution >= 0.6 is 0 Å². The van der Waals surface area contributed by atoms with Crippen LogP contribution in [0.4, 0.5) is 5.95 Å². The number of aromatic nitrogens is 3. The van der Waals surface area contributed by atoms with Crippen molar-refractivity contribution in [1.29, 1.82) is 0 Å². The van der Waals surface area contributed by atoms with Crippen LogP contribution in [0.3, 0.4) is 0 Å². The Hall–Kier alpha value is -3.50. The van der Waals surface area contributed by atoms with Gasteiger partial charge in [-0.05, 0) is 28.7 Å². The molecule has 2 heterocycles. The maximum Gasteiger partial charge on any atom is 0.490 e. The van der Waals surface area contributed by atoms with Gasteiger partial charge in [-0.3, -0.25) is 4.79 Å². The number of amides is 1. The molecule has 1 aliphatic heterocycles. The molecule has 0 radical (unpaired) electrons. The van der Waals surface area contributed by atoms with E-state index in [9.17, 15) is 14.9 Å². The monoisotopic (exact) mass is 332 g/mol. The lowest BCUT2D eigenvalue weighted by atomic mass is 10.2. The molecule has 0 spiro atoms. The highest BCUT2D eigenvalue weighted by molar-refractivity contribution is 5.83. The molecular formula is C13H12N6O5. The van der Waals surface area contributed by atoms with E-state index in [4.69, 9.17) is 9.47 Å². The average molecular weight is 332 g/mol. The van der Waals surface area contributed by atoms with Gasteiger partial charge < -0.3 is 19.6 Å².